The summed E-state index contributed by atoms with van der Waals surface area (Å²) in [7, 11) is 0. The van der Waals surface area contributed by atoms with Gasteiger partial charge in [0.15, 0.2) is 16.7 Å². The van der Waals surface area contributed by atoms with Gasteiger partial charge in [-0.1, -0.05) is 29.5 Å². The number of carbonyl (C=O) groups excluding carboxylic acids is 3. The third-order valence-electron chi connectivity index (χ3n) is 4.26. The van der Waals surface area contributed by atoms with Gasteiger partial charge in [-0.2, -0.15) is 0 Å². The van der Waals surface area contributed by atoms with E-state index in [-0.39, 0.29) is 22.4 Å². The number of furan rings is 1. The van der Waals surface area contributed by atoms with E-state index < -0.39 is 5.91 Å². The predicted molar refractivity (Wildman–Crippen MR) is 112 cm³/mol. The van der Waals surface area contributed by atoms with E-state index in [2.05, 4.69) is 15.3 Å². The van der Waals surface area contributed by atoms with Crippen LogP contribution in [0.15, 0.2) is 71.5 Å². The smallest absolute Gasteiger partial charge is 0.257 e. The zero-order chi connectivity index (χ0) is 21.1. The van der Waals surface area contributed by atoms with E-state index in [1.807, 2.05) is 0 Å². The van der Waals surface area contributed by atoms with Crippen LogP contribution in [0.2, 0.25) is 0 Å². The molecule has 0 unspecified atom stereocenters. The van der Waals surface area contributed by atoms with Crippen molar-refractivity contribution in [3.05, 3.63) is 88.8 Å². The van der Waals surface area contributed by atoms with Gasteiger partial charge in [0, 0.05) is 17.3 Å². The summed E-state index contributed by atoms with van der Waals surface area (Å²) in [5, 5.41) is 2.96. The number of rotatable bonds is 6. The van der Waals surface area contributed by atoms with Gasteiger partial charge in [-0.15, -0.1) is 0 Å². The van der Waals surface area contributed by atoms with Gasteiger partial charge in [0.2, 0.25) is 5.78 Å². The average molecular weight is 417 g/mol. The largest absolute Gasteiger partial charge is 0.463 e. The molecule has 4 rings (SSSR count). The molecule has 0 saturated carbocycles. The summed E-state index contributed by atoms with van der Waals surface area (Å²) in [6.45, 7) is 1.46. The lowest BCUT2D eigenvalue weighted by Gasteiger charge is -2.02. The summed E-state index contributed by atoms with van der Waals surface area (Å²) in [6, 6.07) is 14.7. The summed E-state index contributed by atoms with van der Waals surface area (Å²) >= 11 is 1.05. The number of Topliss-reactive ketones (excluding diaryl/α,β-unsaturated/α-hetero) is 1. The number of aromatic nitrogens is 2. The van der Waals surface area contributed by atoms with E-state index in [0.29, 0.717) is 27.5 Å². The maximum Gasteiger partial charge on any atom is 0.257 e. The van der Waals surface area contributed by atoms with Gasteiger partial charge in [-0.3, -0.25) is 24.7 Å². The number of benzene rings is 1. The molecule has 0 saturated heterocycles. The number of hydrogen-bond donors (Lipinski definition) is 1. The number of ketones is 2. The van der Waals surface area contributed by atoms with Crippen LogP contribution in [0.3, 0.4) is 0 Å². The lowest BCUT2D eigenvalue weighted by Crippen LogP contribution is -2.11. The van der Waals surface area contributed by atoms with E-state index in [9.17, 15) is 14.4 Å². The molecule has 1 N–H and O–H groups in total. The normalized spacial score (nSPS) is 10.6. The van der Waals surface area contributed by atoms with Gasteiger partial charge in [0.1, 0.15) is 16.3 Å². The van der Waals surface area contributed by atoms with Crippen molar-refractivity contribution in [2.45, 2.75) is 6.92 Å². The van der Waals surface area contributed by atoms with Crippen LogP contribution in [0, 0.1) is 0 Å². The monoisotopic (exact) mass is 417 g/mol. The molecule has 0 radical (unpaired) electrons. The van der Waals surface area contributed by atoms with E-state index >= 15 is 0 Å². The maximum absolute atomic E-state index is 13.0. The Morgan fingerprint density at radius 3 is 2.37 bits per heavy atom. The van der Waals surface area contributed by atoms with Gasteiger partial charge in [-0.25, -0.2) is 4.98 Å². The molecule has 0 spiro atoms. The van der Waals surface area contributed by atoms with Crippen molar-refractivity contribution < 1.29 is 18.8 Å². The molecule has 30 heavy (non-hydrogen) atoms. The van der Waals surface area contributed by atoms with Crippen molar-refractivity contribution in [2.75, 3.05) is 5.32 Å². The van der Waals surface area contributed by atoms with Gasteiger partial charge < -0.3 is 4.42 Å². The van der Waals surface area contributed by atoms with Gasteiger partial charge >= 0.3 is 0 Å². The summed E-state index contributed by atoms with van der Waals surface area (Å²) < 4.78 is 5.41. The van der Waals surface area contributed by atoms with Crippen LogP contribution in [0.25, 0.3) is 11.5 Å². The molecule has 0 aliphatic carbocycles. The Kier molecular flexibility index (Phi) is 5.32. The molecule has 3 aromatic heterocycles. The number of nitrogens with one attached hydrogen (secondary N) is 1. The first-order valence-corrected chi connectivity index (χ1v) is 9.77. The standard InChI is InChI=1S/C22H15N3O4S/c1-13(26)14-7-9-15(10-8-14)21(28)25-22-24-18(17-6-4-12-29-17)20(30-22)19(27)16-5-2-3-11-23-16/h2-12H,1H3,(H,24,25,28). The van der Waals surface area contributed by atoms with Gasteiger partial charge in [-0.05, 0) is 43.3 Å². The van der Waals surface area contributed by atoms with Crippen molar-refractivity contribution >= 4 is 33.9 Å². The van der Waals surface area contributed by atoms with E-state index in [1.54, 1.807) is 54.6 Å². The topological polar surface area (TPSA) is 102 Å². The Morgan fingerprint density at radius 2 is 1.73 bits per heavy atom. The SMILES string of the molecule is CC(=O)c1ccc(C(=O)Nc2nc(-c3ccco3)c(C(=O)c3ccccn3)s2)cc1. The zero-order valence-electron chi connectivity index (χ0n) is 15.8. The number of amides is 1. The maximum atomic E-state index is 13.0. The Morgan fingerprint density at radius 1 is 0.967 bits per heavy atom. The van der Waals surface area contributed by atoms with Crippen LogP contribution in [0.1, 0.15) is 43.0 Å². The molecule has 1 aromatic carbocycles. The van der Waals surface area contributed by atoms with Gasteiger partial charge in [0.05, 0.1) is 6.26 Å². The van der Waals surface area contributed by atoms with Crippen LogP contribution in [0.4, 0.5) is 5.13 Å². The van der Waals surface area contributed by atoms with E-state index in [0.717, 1.165) is 11.3 Å². The molecule has 0 aliphatic rings. The summed E-state index contributed by atoms with van der Waals surface area (Å²) in [4.78, 5) is 45.8. The molecule has 7 nitrogen and oxygen atoms in total. The van der Waals surface area contributed by atoms with Crippen LogP contribution in [-0.2, 0) is 0 Å². The first-order chi connectivity index (χ1) is 14.5. The lowest BCUT2D eigenvalue weighted by molar-refractivity contribution is 0.100. The fraction of sp³-hybridized carbons (Fsp3) is 0.0455. The number of nitrogens with zero attached hydrogens (tertiary/aromatic N) is 2. The number of anilines is 1. The number of pyridine rings is 1. The second kappa shape index (κ2) is 8.22. The molecule has 148 valence electrons. The van der Waals surface area contributed by atoms with Crippen molar-refractivity contribution in [1.82, 2.24) is 9.97 Å². The van der Waals surface area contributed by atoms with Crippen molar-refractivity contribution in [1.29, 1.82) is 0 Å². The summed E-state index contributed by atoms with van der Waals surface area (Å²) in [5.41, 5.74) is 1.49. The molecule has 0 bridgehead atoms. The third kappa shape index (κ3) is 3.94. The van der Waals surface area contributed by atoms with Crippen molar-refractivity contribution in [3.8, 4) is 11.5 Å². The summed E-state index contributed by atoms with van der Waals surface area (Å²) in [6.07, 6.45) is 3.02. The molecular formula is C22H15N3O4S. The van der Waals surface area contributed by atoms with E-state index in [1.165, 1.54) is 19.4 Å². The van der Waals surface area contributed by atoms with Crippen LogP contribution in [-0.4, -0.2) is 27.4 Å². The number of carbonyl (C=O) groups is 3. The Labute approximate surface area is 175 Å². The Bertz CT molecular complexity index is 1210. The molecule has 0 fully saturated rings. The third-order valence-corrected chi connectivity index (χ3v) is 5.23. The molecule has 0 aliphatic heterocycles. The highest BCUT2D eigenvalue weighted by atomic mass is 32.1. The second-order valence-electron chi connectivity index (χ2n) is 6.31. The van der Waals surface area contributed by atoms with Crippen molar-refractivity contribution in [3.63, 3.8) is 0 Å². The van der Waals surface area contributed by atoms with Crippen LogP contribution in [0.5, 0.6) is 0 Å². The van der Waals surface area contributed by atoms with E-state index in [4.69, 9.17) is 4.42 Å². The highest BCUT2D eigenvalue weighted by Crippen LogP contribution is 2.33. The Balaban J connectivity index is 1.65. The van der Waals surface area contributed by atoms with Crippen LogP contribution >= 0.6 is 11.3 Å². The Hall–Kier alpha value is -3.91. The number of hydrogen-bond acceptors (Lipinski definition) is 7. The minimum atomic E-state index is -0.401. The summed E-state index contributed by atoms with van der Waals surface area (Å²) in [5.74, 6) is -0.382. The average Bonchev–Trinajstić information content (AvgIpc) is 3.44. The second-order valence-corrected chi connectivity index (χ2v) is 7.30. The predicted octanol–water partition coefficient (Wildman–Crippen LogP) is 4.48. The molecule has 1 amide bonds. The van der Waals surface area contributed by atoms with Crippen molar-refractivity contribution in [2.24, 2.45) is 0 Å². The first kappa shape index (κ1) is 19.4. The first-order valence-electron chi connectivity index (χ1n) is 8.95. The zero-order valence-corrected chi connectivity index (χ0v) is 16.6. The number of thiazole rings is 1. The highest BCUT2D eigenvalue weighted by molar-refractivity contribution is 7.18. The fourth-order valence-corrected chi connectivity index (χ4v) is 3.66. The molecule has 3 heterocycles. The highest BCUT2D eigenvalue weighted by Gasteiger charge is 2.24. The lowest BCUT2D eigenvalue weighted by atomic mass is 10.1. The molecule has 8 heteroatoms. The molecular weight excluding hydrogens is 402 g/mol. The molecule has 4 aromatic rings. The fourth-order valence-electron chi connectivity index (χ4n) is 2.75. The van der Waals surface area contributed by atoms with Gasteiger partial charge in [0.25, 0.3) is 5.91 Å². The molecule has 0 atom stereocenters. The quantitative estimate of drug-likeness (QED) is 0.464. The minimum Gasteiger partial charge on any atom is -0.463 e. The van der Waals surface area contributed by atoms with Crippen LogP contribution < -0.4 is 5.32 Å². The minimum absolute atomic E-state index is 0.0809.